The van der Waals surface area contributed by atoms with Crippen LogP contribution < -0.4 is 5.32 Å². The van der Waals surface area contributed by atoms with Crippen molar-refractivity contribution in [2.24, 2.45) is 0 Å². The fourth-order valence-corrected chi connectivity index (χ4v) is 2.24. The first-order chi connectivity index (χ1) is 9.83. The molecule has 0 saturated heterocycles. The molecule has 0 radical (unpaired) electrons. The predicted molar refractivity (Wildman–Crippen MR) is 86.1 cm³/mol. The molecular formula is C15H20N4S. The van der Waals surface area contributed by atoms with Gasteiger partial charge in [-0.15, -0.1) is 0 Å². The van der Waals surface area contributed by atoms with Crippen LogP contribution in [0.25, 0.3) is 11.5 Å². The average Bonchev–Trinajstić information content (AvgIpc) is 2.52. The maximum absolute atomic E-state index is 4.56. The Morgan fingerprint density at radius 3 is 2.85 bits per heavy atom. The summed E-state index contributed by atoms with van der Waals surface area (Å²) in [5.41, 5.74) is 1.85. The Balaban J connectivity index is 2.16. The van der Waals surface area contributed by atoms with Gasteiger partial charge in [-0.2, -0.15) is 11.8 Å². The lowest BCUT2D eigenvalue weighted by Gasteiger charge is -2.09. The van der Waals surface area contributed by atoms with E-state index in [1.54, 1.807) is 6.20 Å². The van der Waals surface area contributed by atoms with E-state index in [0.29, 0.717) is 5.82 Å². The number of pyridine rings is 1. The Morgan fingerprint density at radius 2 is 2.15 bits per heavy atom. The van der Waals surface area contributed by atoms with Crippen molar-refractivity contribution in [3.63, 3.8) is 0 Å². The van der Waals surface area contributed by atoms with Crippen LogP contribution in [-0.2, 0) is 6.42 Å². The number of aromatic nitrogens is 3. The van der Waals surface area contributed by atoms with Gasteiger partial charge in [0, 0.05) is 24.5 Å². The molecule has 2 aromatic heterocycles. The van der Waals surface area contributed by atoms with Gasteiger partial charge in [-0.1, -0.05) is 13.0 Å². The first-order valence-electron chi connectivity index (χ1n) is 6.85. The molecule has 0 aliphatic rings. The van der Waals surface area contributed by atoms with Crippen LogP contribution in [0.4, 0.5) is 5.82 Å². The molecule has 0 fully saturated rings. The molecule has 0 aliphatic carbocycles. The number of anilines is 1. The fraction of sp³-hybridized carbons (Fsp3) is 0.400. The molecule has 2 aromatic rings. The van der Waals surface area contributed by atoms with Gasteiger partial charge in [0.2, 0.25) is 0 Å². The van der Waals surface area contributed by atoms with E-state index in [2.05, 4.69) is 33.4 Å². The maximum Gasteiger partial charge on any atom is 0.180 e. The number of rotatable bonds is 7. The second kappa shape index (κ2) is 7.85. The minimum Gasteiger partial charge on any atom is -0.370 e. The van der Waals surface area contributed by atoms with Crippen LogP contribution in [0.2, 0.25) is 0 Å². The molecule has 1 N–H and O–H groups in total. The number of nitrogens with one attached hydrogen (secondary N) is 1. The lowest BCUT2D eigenvalue weighted by atomic mass is 10.2. The number of aryl methyl sites for hydroxylation is 1. The Kier molecular flexibility index (Phi) is 5.80. The zero-order valence-corrected chi connectivity index (χ0v) is 12.8. The van der Waals surface area contributed by atoms with Gasteiger partial charge in [-0.05, 0) is 37.0 Å². The lowest BCUT2D eigenvalue weighted by Crippen LogP contribution is -2.07. The highest BCUT2D eigenvalue weighted by Gasteiger charge is 2.06. The van der Waals surface area contributed by atoms with Gasteiger partial charge < -0.3 is 5.32 Å². The van der Waals surface area contributed by atoms with Crippen LogP contribution in [0.15, 0.2) is 30.5 Å². The highest BCUT2D eigenvalue weighted by Crippen LogP contribution is 2.16. The van der Waals surface area contributed by atoms with Crippen molar-refractivity contribution in [1.82, 2.24) is 15.0 Å². The molecule has 106 valence electrons. The minimum atomic E-state index is 0.692. The van der Waals surface area contributed by atoms with Crippen molar-refractivity contribution in [2.75, 3.05) is 23.9 Å². The van der Waals surface area contributed by atoms with E-state index in [0.717, 1.165) is 42.3 Å². The summed E-state index contributed by atoms with van der Waals surface area (Å²) in [7, 11) is 0. The molecule has 0 spiro atoms. The SMILES string of the molecule is CCc1cc(NCCCSC)nc(-c2ccccn2)n1. The average molecular weight is 288 g/mol. The first kappa shape index (κ1) is 14.8. The summed E-state index contributed by atoms with van der Waals surface area (Å²) in [5.74, 6) is 2.74. The number of hydrogen-bond donors (Lipinski definition) is 1. The first-order valence-corrected chi connectivity index (χ1v) is 8.25. The Bertz CT molecular complexity index is 531. The van der Waals surface area contributed by atoms with E-state index in [9.17, 15) is 0 Å². The molecule has 2 heterocycles. The summed E-state index contributed by atoms with van der Waals surface area (Å²) in [5, 5.41) is 3.37. The summed E-state index contributed by atoms with van der Waals surface area (Å²) in [6, 6.07) is 7.81. The smallest absolute Gasteiger partial charge is 0.180 e. The van der Waals surface area contributed by atoms with Crippen molar-refractivity contribution in [1.29, 1.82) is 0 Å². The molecule has 0 atom stereocenters. The summed E-state index contributed by atoms with van der Waals surface area (Å²) >= 11 is 1.86. The molecule has 0 bridgehead atoms. The standard InChI is InChI=1S/C15H20N4S/c1-3-12-11-14(17-9-6-10-20-2)19-15(18-12)13-7-4-5-8-16-13/h4-5,7-8,11H,3,6,9-10H2,1-2H3,(H,17,18,19). The molecule has 0 unspecified atom stereocenters. The number of nitrogens with zero attached hydrogens (tertiary/aromatic N) is 3. The van der Waals surface area contributed by atoms with Crippen molar-refractivity contribution in [3.8, 4) is 11.5 Å². The van der Waals surface area contributed by atoms with Crippen LogP contribution in [0.3, 0.4) is 0 Å². The summed E-state index contributed by atoms with van der Waals surface area (Å²) < 4.78 is 0. The molecule has 0 saturated carbocycles. The van der Waals surface area contributed by atoms with E-state index in [-0.39, 0.29) is 0 Å². The third kappa shape index (κ3) is 4.20. The Hall–Kier alpha value is -1.62. The summed E-state index contributed by atoms with van der Waals surface area (Å²) in [6.07, 6.45) is 5.91. The molecule has 20 heavy (non-hydrogen) atoms. The summed E-state index contributed by atoms with van der Waals surface area (Å²) in [6.45, 7) is 3.03. The molecular weight excluding hydrogens is 268 g/mol. The minimum absolute atomic E-state index is 0.692. The van der Waals surface area contributed by atoms with Gasteiger partial charge >= 0.3 is 0 Å². The second-order valence-corrected chi connectivity index (χ2v) is 5.40. The van der Waals surface area contributed by atoms with Crippen LogP contribution in [0.1, 0.15) is 19.0 Å². The largest absolute Gasteiger partial charge is 0.370 e. The van der Waals surface area contributed by atoms with E-state index in [1.165, 1.54) is 0 Å². The molecule has 2 rings (SSSR count). The van der Waals surface area contributed by atoms with Crippen LogP contribution in [0, 0.1) is 0 Å². The maximum atomic E-state index is 4.56. The predicted octanol–water partition coefficient (Wildman–Crippen LogP) is 3.27. The van der Waals surface area contributed by atoms with E-state index in [4.69, 9.17) is 0 Å². The van der Waals surface area contributed by atoms with Crippen LogP contribution in [0.5, 0.6) is 0 Å². The van der Waals surface area contributed by atoms with Crippen molar-refractivity contribution in [3.05, 3.63) is 36.2 Å². The van der Waals surface area contributed by atoms with Crippen LogP contribution in [-0.4, -0.2) is 33.5 Å². The normalized spacial score (nSPS) is 10.5. The molecule has 0 aromatic carbocycles. The van der Waals surface area contributed by atoms with Gasteiger partial charge in [0.1, 0.15) is 11.5 Å². The molecule has 5 heteroatoms. The Labute approximate surface area is 124 Å². The second-order valence-electron chi connectivity index (χ2n) is 4.41. The lowest BCUT2D eigenvalue weighted by molar-refractivity contribution is 0.956. The van der Waals surface area contributed by atoms with Gasteiger partial charge in [-0.3, -0.25) is 4.98 Å². The summed E-state index contributed by atoms with van der Waals surface area (Å²) in [4.78, 5) is 13.4. The topological polar surface area (TPSA) is 50.7 Å². The van der Waals surface area contributed by atoms with Crippen molar-refractivity contribution < 1.29 is 0 Å². The molecule has 0 amide bonds. The van der Waals surface area contributed by atoms with E-state index in [1.807, 2.05) is 36.0 Å². The van der Waals surface area contributed by atoms with Gasteiger partial charge in [-0.25, -0.2) is 9.97 Å². The number of thioether (sulfide) groups is 1. The number of hydrogen-bond acceptors (Lipinski definition) is 5. The third-order valence-electron chi connectivity index (χ3n) is 2.87. The Morgan fingerprint density at radius 1 is 1.25 bits per heavy atom. The third-order valence-corrected chi connectivity index (χ3v) is 3.56. The van der Waals surface area contributed by atoms with E-state index >= 15 is 0 Å². The van der Waals surface area contributed by atoms with Gasteiger partial charge in [0.25, 0.3) is 0 Å². The van der Waals surface area contributed by atoms with Gasteiger partial charge in [0.15, 0.2) is 5.82 Å². The zero-order chi connectivity index (χ0) is 14.2. The highest BCUT2D eigenvalue weighted by molar-refractivity contribution is 7.98. The zero-order valence-electron chi connectivity index (χ0n) is 12.0. The van der Waals surface area contributed by atoms with Crippen molar-refractivity contribution >= 4 is 17.6 Å². The van der Waals surface area contributed by atoms with Gasteiger partial charge in [0.05, 0.1) is 0 Å². The van der Waals surface area contributed by atoms with Crippen LogP contribution >= 0.6 is 11.8 Å². The fourth-order valence-electron chi connectivity index (χ4n) is 1.81. The van der Waals surface area contributed by atoms with Crippen molar-refractivity contribution in [2.45, 2.75) is 19.8 Å². The van der Waals surface area contributed by atoms with E-state index < -0.39 is 0 Å². The quantitative estimate of drug-likeness (QED) is 0.792. The molecule has 0 aliphatic heterocycles. The molecule has 4 nitrogen and oxygen atoms in total. The highest BCUT2D eigenvalue weighted by atomic mass is 32.2. The monoisotopic (exact) mass is 288 g/mol.